The van der Waals surface area contributed by atoms with Gasteiger partial charge in [-0.05, 0) is 49.4 Å². The highest BCUT2D eigenvalue weighted by Gasteiger charge is 2.41. The predicted molar refractivity (Wildman–Crippen MR) is 101 cm³/mol. The Morgan fingerprint density at radius 2 is 1.86 bits per heavy atom. The number of amides is 1. The van der Waals surface area contributed by atoms with E-state index >= 15 is 0 Å². The van der Waals surface area contributed by atoms with E-state index in [-0.39, 0.29) is 24.8 Å². The second kappa shape index (κ2) is 8.39. The van der Waals surface area contributed by atoms with Crippen molar-refractivity contribution in [2.75, 3.05) is 7.11 Å². The Kier molecular flexibility index (Phi) is 6.13. The van der Waals surface area contributed by atoms with E-state index in [0.717, 1.165) is 5.56 Å². The Morgan fingerprint density at radius 3 is 2.46 bits per heavy atom. The van der Waals surface area contributed by atoms with Crippen molar-refractivity contribution in [3.8, 4) is 16.9 Å². The number of hydrogen-bond acceptors (Lipinski definition) is 3. The lowest BCUT2D eigenvalue weighted by molar-refractivity contribution is -0.182. The number of nitrogens with one attached hydrogen (secondary N) is 1. The molecule has 0 atom stereocenters. The van der Waals surface area contributed by atoms with Crippen LogP contribution >= 0.6 is 11.6 Å². The zero-order valence-corrected chi connectivity index (χ0v) is 16.0. The van der Waals surface area contributed by atoms with Crippen LogP contribution in [0.3, 0.4) is 0 Å². The van der Waals surface area contributed by atoms with Gasteiger partial charge in [0.1, 0.15) is 5.75 Å². The van der Waals surface area contributed by atoms with E-state index < -0.39 is 12.1 Å². The van der Waals surface area contributed by atoms with E-state index in [0.29, 0.717) is 34.7 Å². The molecule has 1 saturated carbocycles. The summed E-state index contributed by atoms with van der Waals surface area (Å²) in [5.74, 6) is -1.07. The number of methoxy groups -OCH3 is 1. The molecule has 8 heteroatoms. The van der Waals surface area contributed by atoms with Gasteiger partial charge in [0.15, 0.2) is 0 Å². The summed E-state index contributed by atoms with van der Waals surface area (Å²) < 4.78 is 43.4. The van der Waals surface area contributed by atoms with Gasteiger partial charge in [0, 0.05) is 24.0 Å². The van der Waals surface area contributed by atoms with Gasteiger partial charge < -0.3 is 10.1 Å². The van der Waals surface area contributed by atoms with Gasteiger partial charge in [-0.2, -0.15) is 13.2 Å². The largest absolute Gasteiger partial charge is 0.495 e. The lowest BCUT2D eigenvalue weighted by Crippen LogP contribution is -2.40. The summed E-state index contributed by atoms with van der Waals surface area (Å²) in [5.41, 5.74) is 1.83. The van der Waals surface area contributed by atoms with Crippen molar-refractivity contribution >= 4 is 17.5 Å². The molecular weight excluding hydrogens is 393 g/mol. The van der Waals surface area contributed by atoms with Crippen molar-refractivity contribution in [1.29, 1.82) is 0 Å². The Morgan fingerprint density at radius 1 is 1.14 bits per heavy atom. The molecule has 0 saturated heterocycles. The molecule has 0 spiro atoms. The first kappa shape index (κ1) is 20.5. The maximum absolute atomic E-state index is 12.8. The smallest absolute Gasteiger partial charge is 0.391 e. The van der Waals surface area contributed by atoms with Gasteiger partial charge in [0.05, 0.1) is 23.6 Å². The third-order valence-corrected chi connectivity index (χ3v) is 5.31. The van der Waals surface area contributed by atoms with Crippen molar-refractivity contribution in [1.82, 2.24) is 10.3 Å². The maximum Gasteiger partial charge on any atom is 0.391 e. The number of carbonyl (C=O) groups is 1. The third-order valence-electron chi connectivity index (χ3n) is 5.01. The summed E-state index contributed by atoms with van der Waals surface area (Å²) >= 11 is 6.15. The molecule has 1 heterocycles. The minimum absolute atomic E-state index is 0.0388. The van der Waals surface area contributed by atoms with Crippen LogP contribution in [0.15, 0.2) is 36.7 Å². The summed E-state index contributed by atoms with van der Waals surface area (Å²) in [7, 11) is 1.52. The molecule has 1 fully saturated rings. The number of halogens is 4. The van der Waals surface area contributed by atoms with Crippen LogP contribution in [0.25, 0.3) is 11.1 Å². The first-order valence-corrected chi connectivity index (χ1v) is 9.32. The van der Waals surface area contributed by atoms with Crippen LogP contribution in [-0.4, -0.2) is 30.2 Å². The number of ether oxygens (including phenoxy) is 1. The van der Waals surface area contributed by atoms with Gasteiger partial charge in [-0.3, -0.25) is 9.78 Å². The molecule has 1 aliphatic carbocycles. The van der Waals surface area contributed by atoms with E-state index in [4.69, 9.17) is 16.3 Å². The highest BCUT2D eigenvalue weighted by atomic mass is 35.5. The topological polar surface area (TPSA) is 51.2 Å². The molecule has 1 aromatic heterocycles. The number of nitrogens with zero attached hydrogens (tertiary/aromatic N) is 1. The number of rotatable bonds is 4. The molecule has 0 radical (unpaired) electrons. The lowest BCUT2D eigenvalue weighted by atomic mass is 9.85. The van der Waals surface area contributed by atoms with E-state index in [2.05, 4.69) is 10.3 Å². The van der Waals surface area contributed by atoms with Crippen LogP contribution < -0.4 is 10.1 Å². The van der Waals surface area contributed by atoms with Crippen LogP contribution in [0.2, 0.25) is 5.02 Å². The fraction of sp³-hybridized carbons (Fsp3) is 0.400. The number of alkyl halides is 3. The van der Waals surface area contributed by atoms with Crippen LogP contribution in [0.5, 0.6) is 5.75 Å². The number of benzene rings is 1. The summed E-state index contributed by atoms with van der Waals surface area (Å²) in [6.07, 6.45) is -0.399. The molecule has 2 aromatic rings. The van der Waals surface area contributed by atoms with Crippen LogP contribution in [0.1, 0.15) is 36.0 Å². The van der Waals surface area contributed by atoms with Crippen molar-refractivity contribution < 1.29 is 22.7 Å². The normalized spacial score (nSPS) is 19.9. The zero-order valence-electron chi connectivity index (χ0n) is 15.2. The zero-order chi connectivity index (χ0) is 20.3. The van der Waals surface area contributed by atoms with Crippen LogP contribution in [0, 0.1) is 5.92 Å². The summed E-state index contributed by atoms with van der Waals surface area (Å²) in [5, 5.41) is 3.26. The fourth-order valence-electron chi connectivity index (χ4n) is 3.40. The highest BCUT2D eigenvalue weighted by molar-refractivity contribution is 6.32. The molecule has 4 nitrogen and oxygen atoms in total. The number of carbonyl (C=O) groups excluding carboxylic acids is 1. The predicted octanol–water partition coefficient (Wildman–Crippen LogP) is 5.26. The molecule has 1 amide bonds. The quantitative estimate of drug-likeness (QED) is 0.745. The van der Waals surface area contributed by atoms with E-state index in [1.165, 1.54) is 13.3 Å². The average Bonchev–Trinajstić information content (AvgIpc) is 2.67. The van der Waals surface area contributed by atoms with Gasteiger partial charge in [-0.1, -0.05) is 17.7 Å². The maximum atomic E-state index is 12.8. The number of hydrogen-bond donors (Lipinski definition) is 1. The van der Waals surface area contributed by atoms with Crippen LogP contribution in [-0.2, 0) is 0 Å². The van der Waals surface area contributed by atoms with Gasteiger partial charge in [0.2, 0.25) is 0 Å². The summed E-state index contributed by atoms with van der Waals surface area (Å²) in [6, 6.07) is 6.68. The monoisotopic (exact) mass is 412 g/mol. The Labute approximate surface area is 166 Å². The standard InChI is InChI=1S/C20H20ClF3N2O2/c1-28-18-7-2-12(9-17(18)21)13-8-14(11-25-10-13)19(27)26-16-5-3-15(4-6-16)20(22,23)24/h2,7-11,15-16H,3-6H2,1H3,(H,26,27). The van der Waals surface area contributed by atoms with Gasteiger partial charge >= 0.3 is 6.18 Å². The highest BCUT2D eigenvalue weighted by Crippen LogP contribution is 2.37. The van der Waals surface area contributed by atoms with Gasteiger partial charge in [-0.25, -0.2) is 0 Å². The van der Waals surface area contributed by atoms with Crippen molar-refractivity contribution in [3.05, 3.63) is 47.2 Å². The van der Waals surface area contributed by atoms with Crippen LogP contribution in [0.4, 0.5) is 13.2 Å². The number of aromatic nitrogens is 1. The van der Waals surface area contributed by atoms with Gasteiger partial charge in [-0.15, -0.1) is 0 Å². The molecule has 0 aliphatic heterocycles. The SMILES string of the molecule is COc1ccc(-c2cncc(C(=O)NC3CCC(C(F)(F)F)CC3)c2)cc1Cl. The average molecular weight is 413 g/mol. The molecule has 28 heavy (non-hydrogen) atoms. The molecule has 0 bridgehead atoms. The minimum atomic E-state index is -4.16. The van der Waals surface area contributed by atoms with Gasteiger partial charge in [0.25, 0.3) is 5.91 Å². The van der Waals surface area contributed by atoms with Crippen molar-refractivity contribution in [3.63, 3.8) is 0 Å². The molecular formula is C20H20ClF3N2O2. The summed E-state index contributed by atoms with van der Waals surface area (Å²) in [4.78, 5) is 16.6. The molecule has 150 valence electrons. The second-order valence-electron chi connectivity index (χ2n) is 6.88. The lowest BCUT2D eigenvalue weighted by Gasteiger charge is -2.30. The Hall–Kier alpha value is -2.28. The number of pyridine rings is 1. The second-order valence-corrected chi connectivity index (χ2v) is 7.28. The molecule has 0 unspecified atom stereocenters. The van der Waals surface area contributed by atoms with E-state index in [9.17, 15) is 18.0 Å². The molecule has 1 aromatic carbocycles. The van der Waals surface area contributed by atoms with Crippen molar-refractivity contribution in [2.45, 2.75) is 37.9 Å². The third kappa shape index (κ3) is 4.76. The molecule has 1 N–H and O–H groups in total. The summed E-state index contributed by atoms with van der Waals surface area (Å²) in [6.45, 7) is 0. The first-order valence-electron chi connectivity index (χ1n) is 8.94. The molecule has 1 aliphatic rings. The Balaban J connectivity index is 1.67. The first-order chi connectivity index (χ1) is 13.3. The molecule has 3 rings (SSSR count). The fourth-order valence-corrected chi connectivity index (χ4v) is 3.66. The van der Waals surface area contributed by atoms with E-state index in [1.54, 1.807) is 24.4 Å². The Bertz CT molecular complexity index is 850. The van der Waals surface area contributed by atoms with Crippen molar-refractivity contribution in [2.24, 2.45) is 5.92 Å². The van der Waals surface area contributed by atoms with E-state index in [1.807, 2.05) is 6.07 Å². The minimum Gasteiger partial charge on any atom is -0.495 e.